The number of piperidine rings is 1. The Morgan fingerprint density at radius 3 is 2.61 bits per heavy atom. The molecule has 3 aliphatic carbocycles. The van der Waals surface area contributed by atoms with Crippen molar-refractivity contribution < 1.29 is 14.4 Å². The van der Waals surface area contributed by atoms with Crippen LogP contribution in [0.1, 0.15) is 52.4 Å². The highest BCUT2D eigenvalue weighted by Crippen LogP contribution is 2.62. The molecule has 1 aliphatic heterocycles. The van der Waals surface area contributed by atoms with Gasteiger partial charge in [0.25, 0.3) is 0 Å². The lowest BCUT2D eigenvalue weighted by Crippen LogP contribution is -2.57. The highest BCUT2D eigenvalue weighted by molar-refractivity contribution is 5.96. The van der Waals surface area contributed by atoms with Crippen molar-refractivity contribution in [2.24, 2.45) is 28.6 Å². The van der Waals surface area contributed by atoms with E-state index in [0.29, 0.717) is 25.2 Å². The van der Waals surface area contributed by atoms with Crippen LogP contribution in [0.25, 0.3) is 0 Å². The number of hydrogen-bond acceptors (Lipinski definition) is 3. The average Bonchev–Trinajstić information content (AvgIpc) is 2.78. The second-order valence-electron chi connectivity index (χ2n) is 8.47. The van der Waals surface area contributed by atoms with Gasteiger partial charge in [0, 0.05) is 48.8 Å². The number of hydrogen-bond donors (Lipinski definition) is 0. The molecule has 0 aromatic rings. The number of carbonyl (C=O) groups excluding carboxylic acids is 3. The molecule has 0 aromatic carbocycles. The summed E-state index contributed by atoms with van der Waals surface area (Å²) < 4.78 is 0. The van der Waals surface area contributed by atoms with Crippen molar-refractivity contribution in [3.63, 3.8) is 0 Å². The summed E-state index contributed by atoms with van der Waals surface area (Å²) in [5, 5.41) is 0. The van der Waals surface area contributed by atoms with Gasteiger partial charge in [-0.2, -0.15) is 0 Å². The molecule has 4 rings (SSSR count). The maximum absolute atomic E-state index is 13.1. The van der Waals surface area contributed by atoms with Gasteiger partial charge in [0.15, 0.2) is 0 Å². The summed E-state index contributed by atoms with van der Waals surface area (Å²) in [6.07, 6.45) is 6.24. The Morgan fingerprint density at radius 2 is 1.87 bits per heavy atom. The number of allylic oxidation sites excluding steroid dienone is 2. The van der Waals surface area contributed by atoms with E-state index in [4.69, 9.17) is 0 Å². The van der Waals surface area contributed by atoms with Crippen LogP contribution in [0, 0.1) is 28.6 Å². The molecule has 23 heavy (non-hydrogen) atoms. The topological polar surface area (TPSA) is 54.5 Å². The van der Waals surface area contributed by atoms with Crippen LogP contribution in [-0.2, 0) is 14.4 Å². The van der Waals surface area contributed by atoms with E-state index in [1.165, 1.54) is 0 Å². The predicted molar refractivity (Wildman–Crippen MR) is 85.3 cm³/mol. The summed E-state index contributed by atoms with van der Waals surface area (Å²) in [5.74, 6) is 1.25. The SMILES string of the molecule is CN1C(=O)CC[C@@]2(C)C1=CCC1C2C(=O)C[C@]2(C)C(=O)CCC12. The van der Waals surface area contributed by atoms with Crippen molar-refractivity contribution >= 4 is 17.5 Å². The van der Waals surface area contributed by atoms with Crippen molar-refractivity contribution in [3.05, 3.63) is 11.8 Å². The second kappa shape index (κ2) is 4.55. The van der Waals surface area contributed by atoms with Gasteiger partial charge in [-0.3, -0.25) is 14.4 Å². The highest BCUT2D eigenvalue weighted by atomic mass is 16.2. The largest absolute Gasteiger partial charge is 0.319 e. The molecule has 3 unspecified atom stereocenters. The molecule has 0 radical (unpaired) electrons. The van der Waals surface area contributed by atoms with E-state index >= 15 is 0 Å². The van der Waals surface area contributed by atoms with Crippen LogP contribution in [-0.4, -0.2) is 29.4 Å². The normalized spacial score (nSPS) is 46.2. The fourth-order valence-electron chi connectivity index (χ4n) is 6.20. The Labute approximate surface area is 137 Å². The number of fused-ring (bicyclic) bond motifs is 5. The molecular formula is C19H25NO3. The van der Waals surface area contributed by atoms with Gasteiger partial charge >= 0.3 is 0 Å². The standard InChI is InChI=1S/C19H25NO3/c1-18-9-8-16(23)20(3)14(18)6-4-11-12-5-7-15(22)19(12,2)10-13(21)17(11)18/h6,11-12,17H,4-5,7-10H2,1-3H3/t11?,12?,17?,18-,19-/m0/s1. The molecule has 124 valence electrons. The van der Waals surface area contributed by atoms with Crippen molar-refractivity contribution in [1.29, 1.82) is 0 Å². The van der Waals surface area contributed by atoms with Gasteiger partial charge in [-0.15, -0.1) is 0 Å². The zero-order valence-corrected chi connectivity index (χ0v) is 14.2. The summed E-state index contributed by atoms with van der Waals surface area (Å²) >= 11 is 0. The van der Waals surface area contributed by atoms with Gasteiger partial charge in [-0.1, -0.05) is 19.9 Å². The predicted octanol–water partition coefficient (Wildman–Crippen LogP) is 2.72. The van der Waals surface area contributed by atoms with Crippen molar-refractivity contribution in [3.8, 4) is 0 Å². The summed E-state index contributed by atoms with van der Waals surface area (Å²) in [6, 6.07) is 0. The van der Waals surface area contributed by atoms with Crippen LogP contribution < -0.4 is 0 Å². The Morgan fingerprint density at radius 1 is 1.13 bits per heavy atom. The fraction of sp³-hybridized carbons (Fsp3) is 0.737. The molecule has 1 heterocycles. The van der Waals surface area contributed by atoms with Crippen LogP contribution >= 0.6 is 0 Å². The molecule has 0 bridgehead atoms. The van der Waals surface area contributed by atoms with Crippen LogP contribution in [0.5, 0.6) is 0 Å². The third-order valence-corrected chi connectivity index (χ3v) is 7.42. The first-order chi connectivity index (χ1) is 10.8. The average molecular weight is 315 g/mol. The molecule has 0 aromatic heterocycles. The Balaban J connectivity index is 1.79. The number of ketones is 2. The minimum atomic E-state index is -0.434. The van der Waals surface area contributed by atoms with E-state index in [1.54, 1.807) is 4.90 Å². The van der Waals surface area contributed by atoms with Crippen molar-refractivity contribution in [1.82, 2.24) is 4.90 Å². The first-order valence-corrected chi connectivity index (χ1v) is 8.82. The summed E-state index contributed by atoms with van der Waals surface area (Å²) in [6.45, 7) is 4.18. The summed E-state index contributed by atoms with van der Waals surface area (Å²) in [7, 11) is 1.84. The van der Waals surface area contributed by atoms with E-state index in [9.17, 15) is 14.4 Å². The van der Waals surface area contributed by atoms with Gasteiger partial charge in [-0.05, 0) is 31.1 Å². The van der Waals surface area contributed by atoms with E-state index in [2.05, 4.69) is 13.0 Å². The molecule has 4 heteroatoms. The van der Waals surface area contributed by atoms with Crippen LogP contribution in [0.15, 0.2) is 11.8 Å². The lowest BCUT2D eigenvalue weighted by Gasteiger charge is -2.56. The Hall–Kier alpha value is -1.45. The number of Topliss-reactive ketones (excluding diaryl/α,β-unsaturated/α-hetero) is 2. The number of rotatable bonds is 0. The Bertz CT molecular complexity index is 651. The lowest BCUT2D eigenvalue weighted by molar-refractivity contribution is -0.152. The minimum Gasteiger partial charge on any atom is -0.319 e. The zero-order chi connectivity index (χ0) is 16.6. The molecule has 3 fully saturated rings. The van der Waals surface area contributed by atoms with Crippen LogP contribution in [0.4, 0.5) is 0 Å². The van der Waals surface area contributed by atoms with E-state index in [-0.39, 0.29) is 34.7 Å². The van der Waals surface area contributed by atoms with Gasteiger partial charge in [0.1, 0.15) is 11.6 Å². The maximum Gasteiger partial charge on any atom is 0.226 e. The second-order valence-corrected chi connectivity index (χ2v) is 8.47. The molecule has 1 amide bonds. The molecule has 0 spiro atoms. The molecule has 4 aliphatic rings. The number of carbonyl (C=O) groups is 3. The first-order valence-electron chi connectivity index (χ1n) is 8.82. The molecule has 0 N–H and O–H groups in total. The summed E-state index contributed by atoms with van der Waals surface area (Å²) in [5.41, 5.74) is 0.364. The van der Waals surface area contributed by atoms with E-state index < -0.39 is 5.41 Å². The lowest BCUT2D eigenvalue weighted by atomic mass is 9.49. The van der Waals surface area contributed by atoms with E-state index in [1.807, 2.05) is 14.0 Å². The molecule has 5 atom stereocenters. The Kier molecular flexibility index (Phi) is 2.99. The van der Waals surface area contributed by atoms with Gasteiger partial charge < -0.3 is 4.90 Å². The highest BCUT2D eigenvalue weighted by Gasteiger charge is 2.62. The third-order valence-electron chi connectivity index (χ3n) is 7.42. The smallest absolute Gasteiger partial charge is 0.226 e. The molecule has 4 nitrogen and oxygen atoms in total. The molecular weight excluding hydrogens is 290 g/mol. The van der Waals surface area contributed by atoms with E-state index in [0.717, 1.165) is 25.0 Å². The zero-order valence-electron chi connectivity index (χ0n) is 14.2. The monoisotopic (exact) mass is 315 g/mol. The van der Waals surface area contributed by atoms with Gasteiger partial charge in [-0.25, -0.2) is 0 Å². The minimum absolute atomic E-state index is 0.0259. The van der Waals surface area contributed by atoms with Gasteiger partial charge in [0.05, 0.1) is 0 Å². The molecule has 2 saturated carbocycles. The first kappa shape index (κ1) is 15.1. The number of likely N-dealkylation sites (tertiary alicyclic amines) is 1. The summed E-state index contributed by atoms with van der Waals surface area (Å²) in [4.78, 5) is 39.3. The number of amides is 1. The third kappa shape index (κ3) is 1.75. The van der Waals surface area contributed by atoms with Crippen molar-refractivity contribution in [2.45, 2.75) is 52.4 Å². The van der Waals surface area contributed by atoms with Crippen LogP contribution in [0.2, 0.25) is 0 Å². The fourth-order valence-corrected chi connectivity index (χ4v) is 6.20. The quantitative estimate of drug-likeness (QED) is 0.690. The van der Waals surface area contributed by atoms with Gasteiger partial charge in [0.2, 0.25) is 5.91 Å². The maximum atomic E-state index is 13.1. The van der Waals surface area contributed by atoms with Crippen LogP contribution in [0.3, 0.4) is 0 Å². The molecule has 1 saturated heterocycles. The van der Waals surface area contributed by atoms with Crippen molar-refractivity contribution in [2.75, 3.05) is 7.05 Å². The number of nitrogens with zero attached hydrogens (tertiary/aromatic N) is 1.